The van der Waals surface area contributed by atoms with E-state index < -0.39 is 0 Å². The number of nitrogens with two attached hydrogens (primary N) is 1. The third-order valence-electron chi connectivity index (χ3n) is 3.29. The molecule has 0 aliphatic heterocycles. The Labute approximate surface area is 97.5 Å². The van der Waals surface area contributed by atoms with Crippen LogP contribution in [0.1, 0.15) is 37.4 Å². The van der Waals surface area contributed by atoms with Crippen LogP contribution >= 0.6 is 0 Å². The highest BCUT2D eigenvalue weighted by atomic mass is 15.0. The number of aromatic nitrogens is 1. The minimum atomic E-state index is 0.456. The van der Waals surface area contributed by atoms with Crippen molar-refractivity contribution in [2.45, 2.75) is 45.1 Å². The average Bonchev–Trinajstić information content (AvgIpc) is 2.75. The number of anilines is 1. The van der Waals surface area contributed by atoms with Gasteiger partial charge in [-0.15, -0.1) is 0 Å². The van der Waals surface area contributed by atoms with Gasteiger partial charge in [0.2, 0.25) is 0 Å². The Morgan fingerprint density at radius 3 is 3.06 bits per heavy atom. The lowest BCUT2D eigenvalue weighted by Crippen LogP contribution is -2.22. The molecule has 1 aliphatic carbocycles. The Kier molecular flexibility index (Phi) is 3.78. The van der Waals surface area contributed by atoms with Crippen molar-refractivity contribution >= 4 is 5.82 Å². The van der Waals surface area contributed by atoms with E-state index in [0.29, 0.717) is 6.04 Å². The van der Waals surface area contributed by atoms with E-state index in [1.807, 2.05) is 0 Å². The van der Waals surface area contributed by atoms with Crippen LogP contribution in [0.25, 0.3) is 0 Å². The molecule has 0 radical (unpaired) electrons. The molecule has 0 saturated heterocycles. The number of nitrogens with zero attached hydrogens (tertiary/aromatic N) is 1. The van der Waals surface area contributed by atoms with E-state index in [2.05, 4.69) is 29.4 Å². The Morgan fingerprint density at radius 1 is 1.44 bits per heavy atom. The monoisotopic (exact) mass is 219 g/mol. The molecule has 2 rings (SSSR count). The highest BCUT2D eigenvalue weighted by molar-refractivity contribution is 5.41. The van der Waals surface area contributed by atoms with E-state index in [0.717, 1.165) is 31.6 Å². The molecule has 3 heteroatoms. The van der Waals surface area contributed by atoms with Crippen molar-refractivity contribution < 1.29 is 0 Å². The molecule has 88 valence electrons. The van der Waals surface area contributed by atoms with Crippen LogP contribution < -0.4 is 11.1 Å². The molecule has 0 bridgehead atoms. The molecule has 1 aromatic rings. The maximum atomic E-state index is 5.59. The first-order chi connectivity index (χ1) is 7.83. The molecular weight excluding hydrogens is 198 g/mol. The summed E-state index contributed by atoms with van der Waals surface area (Å²) in [5, 5.41) is 3.47. The van der Waals surface area contributed by atoms with Gasteiger partial charge in [-0.25, -0.2) is 4.98 Å². The van der Waals surface area contributed by atoms with E-state index in [-0.39, 0.29) is 0 Å². The van der Waals surface area contributed by atoms with Crippen LogP contribution in [-0.2, 0) is 12.8 Å². The molecule has 3 nitrogen and oxygen atoms in total. The molecule has 0 spiro atoms. The Morgan fingerprint density at radius 2 is 2.31 bits per heavy atom. The summed E-state index contributed by atoms with van der Waals surface area (Å²) in [5.41, 5.74) is 8.30. The Hall–Kier alpha value is -1.09. The molecule has 0 saturated carbocycles. The first-order valence-electron chi connectivity index (χ1n) is 6.29. The van der Waals surface area contributed by atoms with Gasteiger partial charge in [-0.05, 0) is 50.3 Å². The molecule has 1 unspecified atom stereocenters. The SMILES string of the molecule is CCC(CCN)Nc1ccc2c(n1)CCC2. The van der Waals surface area contributed by atoms with Gasteiger partial charge in [0, 0.05) is 11.7 Å². The topological polar surface area (TPSA) is 50.9 Å². The lowest BCUT2D eigenvalue weighted by atomic mass is 10.1. The fraction of sp³-hybridized carbons (Fsp3) is 0.615. The van der Waals surface area contributed by atoms with E-state index in [1.54, 1.807) is 0 Å². The van der Waals surface area contributed by atoms with E-state index in [4.69, 9.17) is 5.73 Å². The number of aryl methyl sites for hydroxylation is 2. The van der Waals surface area contributed by atoms with Gasteiger partial charge in [0.25, 0.3) is 0 Å². The van der Waals surface area contributed by atoms with Crippen molar-refractivity contribution in [3.63, 3.8) is 0 Å². The normalized spacial score (nSPS) is 15.9. The highest BCUT2D eigenvalue weighted by Gasteiger charge is 2.13. The first-order valence-corrected chi connectivity index (χ1v) is 6.29. The van der Waals surface area contributed by atoms with Gasteiger partial charge in [-0.1, -0.05) is 13.0 Å². The molecule has 1 aliphatic rings. The molecule has 0 fully saturated rings. The van der Waals surface area contributed by atoms with Gasteiger partial charge in [-0.3, -0.25) is 0 Å². The van der Waals surface area contributed by atoms with Crippen LogP contribution in [0.3, 0.4) is 0 Å². The zero-order valence-corrected chi connectivity index (χ0v) is 10.00. The number of pyridine rings is 1. The fourth-order valence-electron chi connectivity index (χ4n) is 2.29. The summed E-state index contributed by atoms with van der Waals surface area (Å²) in [5.74, 6) is 1.01. The number of nitrogens with one attached hydrogen (secondary N) is 1. The van der Waals surface area contributed by atoms with Crippen molar-refractivity contribution in [3.8, 4) is 0 Å². The van der Waals surface area contributed by atoms with Crippen LogP contribution in [-0.4, -0.2) is 17.6 Å². The van der Waals surface area contributed by atoms with Crippen LogP contribution in [0.2, 0.25) is 0 Å². The quantitative estimate of drug-likeness (QED) is 0.797. The van der Waals surface area contributed by atoms with Gasteiger partial charge in [0.15, 0.2) is 0 Å². The second kappa shape index (κ2) is 5.30. The van der Waals surface area contributed by atoms with Gasteiger partial charge >= 0.3 is 0 Å². The summed E-state index contributed by atoms with van der Waals surface area (Å²) in [4.78, 5) is 4.67. The third-order valence-corrected chi connectivity index (χ3v) is 3.29. The van der Waals surface area contributed by atoms with Gasteiger partial charge in [0.1, 0.15) is 5.82 Å². The number of fused-ring (bicyclic) bond motifs is 1. The number of rotatable bonds is 5. The largest absolute Gasteiger partial charge is 0.367 e. The molecule has 1 atom stereocenters. The third kappa shape index (κ3) is 2.53. The maximum Gasteiger partial charge on any atom is 0.126 e. The lowest BCUT2D eigenvalue weighted by Gasteiger charge is -2.17. The van der Waals surface area contributed by atoms with Crippen molar-refractivity contribution in [3.05, 3.63) is 23.4 Å². The summed E-state index contributed by atoms with van der Waals surface area (Å²) in [6, 6.07) is 4.77. The lowest BCUT2D eigenvalue weighted by molar-refractivity contribution is 0.639. The predicted octanol–water partition coefficient (Wildman–Crippen LogP) is 2.11. The molecule has 1 aromatic heterocycles. The van der Waals surface area contributed by atoms with Crippen LogP contribution in [0.4, 0.5) is 5.82 Å². The minimum absolute atomic E-state index is 0.456. The van der Waals surface area contributed by atoms with Crippen molar-refractivity contribution in [1.82, 2.24) is 4.98 Å². The Bertz CT molecular complexity index is 349. The number of hydrogen-bond donors (Lipinski definition) is 2. The molecule has 0 aromatic carbocycles. The molecule has 1 heterocycles. The van der Waals surface area contributed by atoms with Crippen LogP contribution in [0.15, 0.2) is 12.1 Å². The van der Waals surface area contributed by atoms with Crippen molar-refractivity contribution in [1.29, 1.82) is 0 Å². The minimum Gasteiger partial charge on any atom is -0.367 e. The molecule has 3 N–H and O–H groups in total. The predicted molar refractivity (Wildman–Crippen MR) is 67.6 cm³/mol. The summed E-state index contributed by atoms with van der Waals surface area (Å²) in [6.07, 6.45) is 5.69. The zero-order chi connectivity index (χ0) is 11.4. The average molecular weight is 219 g/mol. The molecular formula is C13H21N3. The Balaban J connectivity index is 2.04. The fourth-order valence-corrected chi connectivity index (χ4v) is 2.29. The summed E-state index contributed by atoms with van der Waals surface area (Å²) in [6.45, 7) is 2.91. The van der Waals surface area contributed by atoms with E-state index >= 15 is 0 Å². The smallest absolute Gasteiger partial charge is 0.126 e. The second-order valence-corrected chi connectivity index (χ2v) is 4.48. The maximum absolute atomic E-state index is 5.59. The van der Waals surface area contributed by atoms with Gasteiger partial charge in [-0.2, -0.15) is 0 Å². The standard InChI is InChI=1S/C13H21N3/c1-2-11(8-9-14)15-13-7-6-10-4-3-5-12(10)16-13/h6-7,11H,2-5,8-9,14H2,1H3,(H,15,16). The van der Waals surface area contributed by atoms with Crippen LogP contribution in [0, 0.1) is 0 Å². The van der Waals surface area contributed by atoms with Gasteiger partial charge < -0.3 is 11.1 Å². The van der Waals surface area contributed by atoms with Crippen molar-refractivity contribution in [2.75, 3.05) is 11.9 Å². The second-order valence-electron chi connectivity index (χ2n) is 4.48. The number of hydrogen-bond acceptors (Lipinski definition) is 3. The molecule has 0 amide bonds. The summed E-state index contributed by atoms with van der Waals surface area (Å²) < 4.78 is 0. The summed E-state index contributed by atoms with van der Waals surface area (Å²) in [7, 11) is 0. The zero-order valence-electron chi connectivity index (χ0n) is 10.00. The summed E-state index contributed by atoms with van der Waals surface area (Å²) >= 11 is 0. The van der Waals surface area contributed by atoms with E-state index in [9.17, 15) is 0 Å². The van der Waals surface area contributed by atoms with Crippen LogP contribution in [0.5, 0.6) is 0 Å². The van der Waals surface area contributed by atoms with Crippen molar-refractivity contribution in [2.24, 2.45) is 5.73 Å². The highest BCUT2D eigenvalue weighted by Crippen LogP contribution is 2.22. The molecule has 16 heavy (non-hydrogen) atoms. The van der Waals surface area contributed by atoms with Gasteiger partial charge in [0.05, 0.1) is 0 Å². The van der Waals surface area contributed by atoms with E-state index in [1.165, 1.54) is 24.1 Å². The first kappa shape index (κ1) is 11.4.